The summed E-state index contributed by atoms with van der Waals surface area (Å²) in [5, 5.41) is 0. The fourth-order valence-corrected chi connectivity index (χ4v) is 5.06. The number of nitrogens with one attached hydrogen (secondary N) is 2. The zero-order valence-electron chi connectivity index (χ0n) is 15.8. The smallest absolute Gasteiger partial charge is 0.241 e. The van der Waals surface area contributed by atoms with E-state index < -0.39 is 10.0 Å². The topological polar surface area (TPSA) is 91.0 Å². The van der Waals surface area contributed by atoms with Crippen LogP contribution in [0.3, 0.4) is 0 Å². The van der Waals surface area contributed by atoms with Crippen molar-refractivity contribution in [1.29, 1.82) is 0 Å². The number of hydrogen-bond donors (Lipinski definition) is 2. The summed E-state index contributed by atoms with van der Waals surface area (Å²) < 4.78 is 31.0. The van der Waals surface area contributed by atoms with Gasteiger partial charge in [0, 0.05) is 32.2 Å². The van der Waals surface area contributed by atoms with Gasteiger partial charge in [-0.3, -0.25) is 4.79 Å². The van der Waals surface area contributed by atoms with Crippen LogP contribution in [0, 0.1) is 0 Å². The summed E-state index contributed by atoms with van der Waals surface area (Å²) in [6.07, 6.45) is 1.26. The molecule has 27 heavy (non-hydrogen) atoms. The average molecular weight is 397 g/mol. The Morgan fingerprint density at radius 2 is 1.81 bits per heavy atom. The predicted octanol–water partition coefficient (Wildman–Crippen LogP) is 0.487. The van der Waals surface area contributed by atoms with Crippen LogP contribution in [0.5, 0.6) is 5.75 Å². The highest BCUT2D eigenvalue weighted by atomic mass is 32.2. The van der Waals surface area contributed by atoms with Gasteiger partial charge < -0.3 is 9.64 Å². The summed E-state index contributed by atoms with van der Waals surface area (Å²) in [6.45, 7) is 3.47. The quantitative estimate of drug-likeness (QED) is 0.727. The second kappa shape index (κ2) is 8.55. The van der Waals surface area contributed by atoms with Crippen LogP contribution in [0.15, 0.2) is 24.3 Å². The molecule has 0 radical (unpaired) electrons. The molecule has 0 saturated carbocycles. The van der Waals surface area contributed by atoms with E-state index in [4.69, 9.17) is 4.74 Å². The van der Waals surface area contributed by atoms with Gasteiger partial charge in [-0.05, 0) is 30.5 Å². The molecule has 2 aliphatic heterocycles. The number of rotatable bonds is 6. The molecule has 0 spiro atoms. The molecular formula is C18H28N4O4S. The van der Waals surface area contributed by atoms with E-state index in [1.807, 2.05) is 31.2 Å². The second-order valence-electron chi connectivity index (χ2n) is 6.94. The number of ether oxygens (including phenoxy) is 1. The number of methoxy groups -OCH3 is 1. The van der Waals surface area contributed by atoms with Crippen LogP contribution in [-0.2, 0) is 14.8 Å². The fourth-order valence-electron chi connectivity index (χ4n) is 3.57. The molecule has 1 aromatic rings. The van der Waals surface area contributed by atoms with Crippen LogP contribution in [0.4, 0.5) is 0 Å². The third-order valence-corrected chi connectivity index (χ3v) is 7.20. The van der Waals surface area contributed by atoms with Crippen molar-refractivity contribution >= 4 is 15.9 Å². The van der Waals surface area contributed by atoms with Crippen LogP contribution in [0.25, 0.3) is 0 Å². The molecule has 2 aliphatic rings. The van der Waals surface area contributed by atoms with Crippen LogP contribution >= 0.6 is 0 Å². The van der Waals surface area contributed by atoms with Gasteiger partial charge in [-0.15, -0.1) is 0 Å². The number of benzene rings is 1. The number of piperazine rings is 1. The van der Waals surface area contributed by atoms with Crippen molar-refractivity contribution in [3.63, 3.8) is 0 Å². The Morgan fingerprint density at radius 3 is 2.41 bits per heavy atom. The molecule has 0 aromatic heterocycles. The molecular weight excluding hydrogens is 368 g/mol. The van der Waals surface area contributed by atoms with Crippen molar-refractivity contribution < 1.29 is 17.9 Å². The van der Waals surface area contributed by atoms with E-state index in [9.17, 15) is 13.2 Å². The molecule has 1 amide bonds. The first-order valence-electron chi connectivity index (χ1n) is 9.36. The molecule has 2 heterocycles. The summed E-state index contributed by atoms with van der Waals surface area (Å²) in [7, 11) is -1.56. The molecule has 2 fully saturated rings. The molecule has 9 heteroatoms. The van der Waals surface area contributed by atoms with Gasteiger partial charge in [0.05, 0.1) is 12.9 Å². The third kappa shape index (κ3) is 4.60. The number of carbonyl (C=O) groups excluding carboxylic acids is 1. The molecule has 2 saturated heterocycles. The van der Waals surface area contributed by atoms with E-state index in [1.165, 1.54) is 4.31 Å². The van der Waals surface area contributed by atoms with Crippen LogP contribution in [0.2, 0.25) is 0 Å². The highest BCUT2D eigenvalue weighted by Gasteiger charge is 2.35. The van der Waals surface area contributed by atoms with Gasteiger partial charge in [-0.25, -0.2) is 19.3 Å². The fraction of sp³-hybridized carbons (Fsp3) is 0.611. The first kappa shape index (κ1) is 20.1. The summed E-state index contributed by atoms with van der Waals surface area (Å²) in [4.78, 5) is 14.6. The SMILES string of the molecule is CCCS(=O)(=O)N1CCN(C(=O)C2CC(c3ccc(OC)cc3)NN2)CC1. The van der Waals surface area contributed by atoms with Gasteiger partial charge in [0.1, 0.15) is 11.8 Å². The van der Waals surface area contributed by atoms with E-state index >= 15 is 0 Å². The summed E-state index contributed by atoms with van der Waals surface area (Å²) in [5.41, 5.74) is 7.37. The van der Waals surface area contributed by atoms with Crippen molar-refractivity contribution in [2.75, 3.05) is 39.0 Å². The number of amides is 1. The van der Waals surface area contributed by atoms with Crippen LogP contribution in [0.1, 0.15) is 31.4 Å². The van der Waals surface area contributed by atoms with Gasteiger partial charge in [0.25, 0.3) is 0 Å². The van der Waals surface area contributed by atoms with Gasteiger partial charge in [-0.2, -0.15) is 4.31 Å². The minimum absolute atomic E-state index is 0.0195. The van der Waals surface area contributed by atoms with Crippen LogP contribution in [-0.4, -0.2) is 68.6 Å². The third-order valence-electron chi connectivity index (χ3n) is 5.13. The van der Waals surface area contributed by atoms with Crippen molar-refractivity contribution in [3.8, 4) is 5.75 Å². The molecule has 3 rings (SSSR count). The lowest BCUT2D eigenvalue weighted by molar-refractivity contribution is -0.134. The lowest BCUT2D eigenvalue weighted by Crippen LogP contribution is -2.54. The molecule has 1 aromatic carbocycles. The van der Waals surface area contributed by atoms with E-state index in [0.29, 0.717) is 39.0 Å². The minimum atomic E-state index is -3.19. The van der Waals surface area contributed by atoms with Crippen molar-refractivity contribution in [1.82, 2.24) is 20.1 Å². The second-order valence-corrected chi connectivity index (χ2v) is 9.03. The zero-order valence-corrected chi connectivity index (χ0v) is 16.7. The Morgan fingerprint density at radius 1 is 1.15 bits per heavy atom. The Kier molecular flexibility index (Phi) is 6.36. The zero-order chi connectivity index (χ0) is 19.4. The van der Waals surface area contributed by atoms with E-state index in [-0.39, 0.29) is 23.7 Å². The first-order chi connectivity index (χ1) is 12.9. The highest BCUT2D eigenvalue weighted by Crippen LogP contribution is 2.25. The largest absolute Gasteiger partial charge is 0.497 e. The molecule has 2 unspecified atom stereocenters. The van der Waals surface area contributed by atoms with Gasteiger partial charge in [-0.1, -0.05) is 19.1 Å². The van der Waals surface area contributed by atoms with Crippen molar-refractivity contribution in [2.45, 2.75) is 31.8 Å². The van der Waals surface area contributed by atoms with Crippen LogP contribution < -0.4 is 15.6 Å². The molecule has 0 aliphatic carbocycles. The van der Waals surface area contributed by atoms with Crippen molar-refractivity contribution in [2.24, 2.45) is 0 Å². The molecule has 0 bridgehead atoms. The molecule has 8 nitrogen and oxygen atoms in total. The maximum Gasteiger partial charge on any atom is 0.241 e. The molecule has 2 N–H and O–H groups in total. The summed E-state index contributed by atoms with van der Waals surface area (Å²) in [5.74, 6) is 0.984. The Balaban J connectivity index is 1.53. The number of hydrogen-bond acceptors (Lipinski definition) is 6. The lowest BCUT2D eigenvalue weighted by atomic mass is 10.0. The monoisotopic (exact) mass is 396 g/mol. The van der Waals surface area contributed by atoms with Gasteiger partial charge in [0.15, 0.2) is 0 Å². The highest BCUT2D eigenvalue weighted by molar-refractivity contribution is 7.89. The Bertz CT molecular complexity index is 745. The molecule has 150 valence electrons. The number of hydrazine groups is 1. The maximum absolute atomic E-state index is 12.8. The van der Waals surface area contributed by atoms with E-state index in [2.05, 4.69) is 10.9 Å². The number of nitrogens with zero attached hydrogens (tertiary/aromatic N) is 2. The van der Waals surface area contributed by atoms with E-state index in [0.717, 1.165) is 11.3 Å². The number of carbonyl (C=O) groups is 1. The molecule has 2 atom stereocenters. The average Bonchev–Trinajstić information content (AvgIpc) is 3.18. The standard InChI is InChI=1S/C18H28N4O4S/c1-3-12-27(24,25)22-10-8-21(9-11-22)18(23)17-13-16(19-20-17)14-4-6-15(26-2)7-5-14/h4-7,16-17,19-20H,3,8-13H2,1-2H3. The summed E-state index contributed by atoms with van der Waals surface area (Å²) in [6, 6.07) is 7.53. The predicted molar refractivity (Wildman–Crippen MR) is 103 cm³/mol. The normalized spacial score (nSPS) is 24.1. The first-order valence-corrected chi connectivity index (χ1v) is 11.0. The maximum atomic E-state index is 12.8. The summed E-state index contributed by atoms with van der Waals surface area (Å²) >= 11 is 0. The minimum Gasteiger partial charge on any atom is -0.497 e. The van der Waals surface area contributed by atoms with Gasteiger partial charge >= 0.3 is 0 Å². The lowest BCUT2D eigenvalue weighted by Gasteiger charge is -2.35. The Hall–Kier alpha value is -1.68. The number of sulfonamides is 1. The van der Waals surface area contributed by atoms with Crippen molar-refractivity contribution in [3.05, 3.63) is 29.8 Å². The van der Waals surface area contributed by atoms with Gasteiger partial charge in [0.2, 0.25) is 15.9 Å². The van der Waals surface area contributed by atoms with E-state index in [1.54, 1.807) is 12.0 Å². The Labute approximate surface area is 160 Å².